The Morgan fingerprint density at radius 3 is 2.68 bits per heavy atom. The van der Waals surface area contributed by atoms with E-state index in [1.807, 2.05) is 0 Å². The van der Waals surface area contributed by atoms with Gasteiger partial charge in [-0.3, -0.25) is 9.69 Å². The monoisotopic (exact) mass is 518 g/mol. The molecule has 0 aromatic heterocycles. The van der Waals surface area contributed by atoms with Gasteiger partial charge in [-0.2, -0.15) is 0 Å². The third kappa shape index (κ3) is 3.11. The summed E-state index contributed by atoms with van der Waals surface area (Å²) in [5.74, 6) is 0.804. The van der Waals surface area contributed by atoms with Crippen molar-refractivity contribution in [3.8, 4) is 17.2 Å². The highest BCUT2D eigenvalue weighted by Gasteiger charge is 2.75. The third-order valence-corrected chi connectivity index (χ3v) is 9.96. The fraction of sp³-hybridized carbons (Fsp3) is 0.500. The van der Waals surface area contributed by atoms with Gasteiger partial charge >= 0.3 is 0 Å². The average molecular weight is 519 g/mol. The number of likely N-dealkylation sites (N-methyl/N-ethyl adjacent to an activating group) is 1. The number of piperidine rings is 1. The van der Waals surface area contributed by atoms with Gasteiger partial charge in [0.1, 0.15) is 11.9 Å². The number of phenolic OH excluding ortho intramolecular Hbond substituents is 2. The van der Waals surface area contributed by atoms with Gasteiger partial charge in [-0.15, -0.1) is 0 Å². The van der Waals surface area contributed by atoms with Crippen molar-refractivity contribution in [3.63, 3.8) is 0 Å². The first-order valence-corrected chi connectivity index (χ1v) is 13.7. The molecule has 0 radical (unpaired) electrons. The number of likely N-dealkylation sites (tertiary alicyclic amines) is 1. The molecule has 7 rings (SSSR count). The van der Waals surface area contributed by atoms with Gasteiger partial charge in [0, 0.05) is 30.8 Å². The van der Waals surface area contributed by atoms with Crippen LogP contribution in [0, 0.1) is 5.92 Å². The number of aromatic hydroxyl groups is 2. The number of nitrogens with zero attached hydrogens (tertiary/aromatic N) is 2. The zero-order valence-corrected chi connectivity index (χ0v) is 21.5. The Morgan fingerprint density at radius 2 is 1.92 bits per heavy atom. The van der Waals surface area contributed by atoms with Crippen molar-refractivity contribution in [2.24, 2.45) is 5.92 Å². The number of aliphatic hydroxyl groups is 2. The molecule has 1 spiro atoms. The number of carbonyl (C=O) groups excluding carboxylic acids is 1. The molecule has 8 heteroatoms. The Kier molecular flexibility index (Phi) is 5.19. The van der Waals surface area contributed by atoms with E-state index in [1.54, 1.807) is 54.4 Å². The van der Waals surface area contributed by atoms with Gasteiger partial charge in [0.25, 0.3) is 0 Å². The van der Waals surface area contributed by atoms with Crippen molar-refractivity contribution in [2.45, 2.75) is 67.4 Å². The molecule has 8 nitrogen and oxygen atoms in total. The van der Waals surface area contributed by atoms with Crippen LogP contribution in [0.25, 0.3) is 6.08 Å². The maximum atomic E-state index is 13.3. The second-order valence-electron chi connectivity index (χ2n) is 11.8. The quantitative estimate of drug-likeness (QED) is 0.450. The van der Waals surface area contributed by atoms with Crippen LogP contribution in [-0.4, -0.2) is 80.1 Å². The Balaban J connectivity index is 1.28. The summed E-state index contributed by atoms with van der Waals surface area (Å²) in [5, 5.41) is 45.1. The maximum Gasteiger partial charge on any atom is 0.246 e. The third-order valence-electron chi connectivity index (χ3n) is 9.96. The number of hydrogen-bond acceptors (Lipinski definition) is 7. The predicted octanol–water partition coefficient (Wildman–Crippen LogP) is 2.69. The molecule has 2 aliphatic heterocycles. The zero-order chi connectivity index (χ0) is 26.4. The number of ether oxygens (including phenoxy) is 1. The van der Waals surface area contributed by atoms with Crippen LogP contribution in [0.4, 0.5) is 0 Å². The molecule has 2 aromatic rings. The number of para-hydroxylation sites is 1. The Bertz CT molecular complexity index is 1340. The second-order valence-corrected chi connectivity index (χ2v) is 11.8. The molecule has 200 valence electrons. The molecule has 5 aliphatic rings. The van der Waals surface area contributed by atoms with Gasteiger partial charge in [-0.25, -0.2) is 0 Å². The number of phenols is 2. The lowest BCUT2D eigenvalue weighted by molar-refractivity contribution is -0.223. The van der Waals surface area contributed by atoms with Gasteiger partial charge < -0.3 is 30.1 Å². The Labute approximate surface area is 221 Å². The van der Waals surface area contributed by atoms with E-state index in [1.165, 1.54) is 18.9 Å². The summed E-state index contributed by atoms with van der Waals surface area (Å²) in [4.78, 5) is 17.3. The fourth-order valence-corrected chi connectivity index (χ4v) is 7.99. The lowest BCUT2D eigenvalue weighted by atomic mass is 9.47. The van der Waals surface area contributed by atoms with Gasteiger partial charge in [-0.05, 0) is 68.3 Å². The van der Waals surface area contributed by atoms with Gasteiger partial charge in [0.05, 0.1) is 29.2 Å². The van der Waals surface area contributed by atoms with E-state index >= 15 is 0 Å². The number of aliphatic hydroxyl groups excluding tert-OH is 1. The molecule has 2 aromatic carbocycles. The summed E-state index contributed by atoms with van der Waals surface area (Å²) in [7, 11) is 1.74. The van der Waals surface area contributed by atoms with Crippen molar-refractivity contribution in [1.82, 2.24) is 9.80 Å². The minimum atomic E-state index is -1.25. The lowest BCUT2D eigenvalue weighted by Gasteiger charge is -2.65. The summed E-state index contributed by atoms with van der Waals surface area (Å²) in [6, 6.07) is 9.37. The van der Waals surface area contributed by atoms with Gasteiger partial charge in [-0.1, -0.05) is 24.3 Å². The van der Waals surface area contributed by atoms with E-state index in [2.05, 4.69) is 4.90 Å². The standard InChI is InChI=1S/C30H34N2O6/c1-31(23(35)11-8-18-4-2-3-5-21(18)33)20-12-13-30(37)27-25(36)19-9-10-22(34)26-24(19)29(30,28(20)38-26)14-15-32(27)16-17-6-7-17/h2-5,8-11,17,20,25,27-28,33-34,36-37H,6-7,12-16H2,1H3/b11-8+/t20-,25+,27-,28+,29+,30-/m1/s1. The fourth-order valence-electron chi connectivity index (χ4n) is 7.99. The van der Waals surface area contributed by atoms with Crippen molar-refractivity contribution in [3.05, 3.63) is 59.2 Å². The lowest BCUT2D eigenvalue weighted by Crippen LogP contribution is -2.79. The largest absolute Gasteiger partial charge is 0.507 e. The summed E-state index contributed by atoms with van der Waals surface area (Å²) >= 11 is 0. The second kappa shape index (κ2) is 8.21. The van der Waals surface area contributed by atoms with E-state index in [0.29, 0.717) is 48.6 Å². The molecule has 4 N–H and O–H groups in total. The minimum absolute atomic E-state index is 0.00638. The topological polar surface area (TPSA) is 114 Å². The molecule has 38 heavy (non-hydrogen) atoms. The number of hydrogen-bond donors (Lipinski definition) is 4. The van der Waals surface area contributed by atoms with E-state index < -0.39 is 29.3 Å². The maximum absolute atomic E-state index is 13.3. The molecule has 0 unspecified atom stereocenters. The predicted molar refractivity (Wildman–Crippen MR) is 140 cm³/mol. The zero-order valence-electron chi connectivity index (χ0n) is 21.5. The van der Waals surface area contributed by atoms with Crippen LogP contribution in [0.1, 0.15) is 54.9 Å². The van der Waals surface area contributed by atoms with Crippen LogP contribution < -0.4 is 4.74 Å². The molecule has 3 fully saturated rings. The van der Waals surface area contributed by atoms with Crippen molar-refractivity contribution < 1.29 is 30.0 Å². The van der Waals surface area contributed by atoms with Crippen LogP contribution in [0.3, 0.4) is 0 Å². The van der Waals surface area contributed by atoms with Crippen molar-refractivity contribution >= 4 is 12.0 Å². The average Bonchev–Trinajstić information content (AvgIpc) is 3.64. The van der Waals surface area contributed by atoms with Crippen LogP contribution in [0.15, 0.2) is 42.5 Å². The van der Waals surface area contributed by atoms with E-state index in [9.17, 15) is 25.2 Å². The van der Waals surface area contributed by atoms with Crippen LogP contribution in [-0.2, 0) is 10.2 Å². The van der Waals surface area contributed by atoms with E-state index in [0.717, 1.165) is 12.1 Å². The minimum Gasteiger partial charge on any atom is -0.507 e. The first kappa shape index (κ1) is 24.0. The highest BCUT2D eigenvalue weighted by Crippen LogP contribution is 2.67. The van der Waals surface area contributed by atoms with Gasteiger partial charge in [0.15, 0.2) is 11.5 Å². The van der Waals surface area contributed by atoms with Crippen LogP contribution in [0.2, 0.25) is 0 Å². The summed E-state index contributed by atoms with van der Waals surface area (Å²) < 4.78 is 6.52. The first-order valence-electron chi connectivity index (χ1n) is 13.7. The number of carbonyl (C=O) groups is 1. The molecular formula is C30H34N2O6. The van der Waals surface area contributed by atoms with Gasteiger partial charge in [0.2, 0.25) is 5.91 Å². The van der Waals surface area contributed by atoms with Crippen molar-refractivity contribution in [1.29, 1.82) is 0 Å². The van der Waals surface area contributed by atoms with Crippen LogP contribution >= 0.6 is 0 Å². The van der Waals surface area contributed by atoms with E-state index in [-0.39, 0.29) is 23.4 Å². The first-order chi connectivity index (χ1) is 18.3. The molecule has 3 aliphatic carbocycles. The van der Waals surface area contributed by atoms with Crippen molar-refractivity contribution in [2.75, 3.05) is 20.1 Å². The Morgan fingerprint density at radius 1 is 1.13 bits per heavy atom. The number of benzene rings is 2. The molecule has 2 bridgehead atoms. The molecule has 2 saturated carbocycles. The molecule has 2 heterocycles. The van der Waals surface area contributed by atoms with Crippen LogP contribution in [0.5, 0.6) is 17.2 Å². The number of amides is 1. The van der Waals surface area contributed by atoms with E-state index in [4.69, 9.17) is 4.74 Å². The Hall–Kier alpha value is -3.07. The molecule has 6 atom stereocenters. The summed E-state index contributed by atoms with van der Waals surface area (Å²) in [6.07, 6.45) is 5.51. The summed E-state index contributed by atoms with van der Waals surface area (Å²) in [6.45, 7) is 1.58. The summed E-state index contributed by atoms with van der Waals surface area (Å²) in [5.41, 5.74) is -0.0987. The normalized spacial score (nSPS) is 35.1. The highest BCUT2D eigenvalue weighted by molar-refractivity contribution is 5.92. The molecular weight excluding hydrogens is 484 g/mol. The highest BCUT2D eigenvalue weighted by atomic mass is 16.5. The SMILES string of the molecule is CN(C(=O)/C=C/c1ccccc1O)[C@@H]1CC[C@@]2(O)[C@H]3[C@@H](O)c4ccc(O)c5c4[C@@]2(CCN3CC2CC2)[C@H]1O5. The number of rotatable bonds is 5. The smallest absolute Gasteiger partial charge is 0.246 e. The molecule has 1 saturated heterocycles. The molecule has 1 amide bonds.